The van der Waals surface area contributed by atoms with E-state index in [1.807, 2.05) is 32.0 Å². The number of rotatable bonds is 4. The highest BCUT2D eigenvalue weighted by atomic mass is 19.1. The van der Waals surface area contributed by atoms with E-state index in [-0.39, 0.29) is 11.5 Å². The molecule has 1 saturated heterocycles. The number of aryl methyl sites for hydroxylation is 2. The van der Waals surface area contributed by atoms with Crippen LogP contribution in [0.25, 0.3) is 11.0 Å². The molecular weight excluding hydrogens is 381 g/mol. The minimum atomic E-state index is -0.497. The van der Waals surface area contributed by atoms with Gasteiger partial charge in [-0.15, -0.1) is 0 Å². The van der Waals surface area contributed by atoms with Crippen LogP contribution in [0.3, 0.4) is 0 Å². The lowest BCUT2D eigenvalue weighted by Gasteiger charge is -2.35. The summed E-state index contributed by atoms with van der Waals surface area (Å²) in [5.41, 5.74) is 4.63. The Morgan fingerprint density at radius 1 is 1.07 bits per heavy atom. The fraction of sp³-hybridized carbons (Fsp3) is 0.348. The SMILES string of the molecule is Cc1nc2cc(F)cc(C(=O)NCc3ccccc3N3CCN(C)CC3)c2nc1C. The molecule has 6 nitrogen and oxygen atoms in total. The molecule has 3 aromatic rings. The van der Waals surface area contributed by atoms with Gasteiger partial charge in [0.2, 0.25) is 0 Å². The Labute approximate surface area is 175 Å². The minimum absolute atomic E-state index is 0.206. The van der Waals surface area contributed by atoms with Crippen molar-refractivity contribution < 1.29 is 9.18 Å². The number of carbonyl (C=O) groups excluding carboxylic acids is 1. The van der Waals surface area contributed by atoms with Crippen LogP contribution in [-0.4, -0.2) is 54.0 Å². The molecule has 0 atom stereocenters. The van der Waals surface area contributed by atoms with Gasteiger partial charge in [0.25, 0.3) is 5.91 Å². The number of amides is 1. The first kappa shape index (κ1) is 20.2. The van der Waals surface area contributed by atoms with Crippen LogP contribution in [-0.2, 0) is 6.54 Å². The molecule has 1 amide bonds. The maximum absolute atomic E-state index is 14.1. The van der Waals surface area contributed by atoms with Gasteiger partial charge >= 0.3 is 0 Å². The van der Waals surface area contributed by atoms with Crippen molar-refractivity contribution >= 4 is 22.6 Å². The first-order valence-electron chi connectivity index (χ1n) is 10.2. The van der Waals surface area contributed by atoms with E-state index in [2.05, 4.69) is 38.2 Å². The third kappa shape index (κ3) is 4.11. The Morgan fingerprint density at radius 2 is 1.77 bits per heavy atom. The number of likely N-dealkylation sites (N-methyl/N-ethyl adjacent to an activating group) is 1. The molecule has 1 aliphatic rings. The number of benzene rings is 2. The van der Waals surface area contributed by atoms with E-state index in [0.29, 0.717) is 17.6 Å². The van der Waals surface area contributed by atoms with Crippen molar-refractivity contribution in [2.45, 2.75) is 20.4 Å². The number of hydrogen-bond donors (Lipinski definition) is 1. The smallest absolute Gasteiger partial charge is 0.253 e. The van der Waals surface area contributed by atoms with E-state index in [1.165, 1.54) is 12.1 Å². The van der Waals surface area contributed by atoms with Gasteiger partial charge in [0.1, 0.15) is 11.3 Å². The molecule has 4 rings (SSSR count). The van der Waals surface area contributed by atoms with Gasteiger partial charge in [0.05, 0.1) is 22.5 Å². The number of halogens is 1. The Kier molecular flexibility index (Phi) is 5.63. The van der Waals surface area contributed by atoms with Crippen molar-refractivity contribution in [2.24, 2.45) is 0 Å². The molecule has 0 bridgehead atoms. The zero-order valence-corrected chi connectivity index (χ0v) is 17.6. The van der Waals surface area contributed by atoms with Gasteiger partial charge in [-0.3, -0.25) is 4.79 Å². The van der Waals surface area contributed by atoms with E-state index in [0.717, 1.165) is 48.8 Å². The molecule has 0 spiro atoms. The van der Waals surface area contributed by atoms with Crippen LogP contribution in [0.5, 0.6) is 0 Å². The van der Waals surface area contributed by atoms with Crippen LogP contribution in [0.4, 0.5) is 10.1 Å². The first-order valence-corrected chi connectivity index (χ1v) is 10.2. The van der Waals surface area contributed by atoms with E-state index in [9.17, 15) is 9.18 Å². The number of aromatic nitrogens is 2. The molecule has 1 N–H and O–H groups in total. The third-order valence-corrected chi connectivity index (χ3v) is 5.67. The summed E-state index contributed by atoms with van der Waals surface area (Å²) in [6, 6.07) is 10.6. The number of nitrogens with zero attached hydrogens (tertiary/aromatic N) is 4. The maximum Gasteiger partial charge on any atom is 0.253 e. The highest BCUT2D eigenvalue weighted by Crippen LogP contribution is 2.23. The topological polar surface area (TPSA) is 61.4 Å². The summed E-state index contributed by atoms with van der Waals surface area (Å²) < 4.78 is 14.1. The average molecular weight is 407 g/mol. The molecule has 2 aromatic carbocycles. The summed E-state index contributed by atoms with van der Waals surface area (Å²) in [6.45, 7) is 7.92. The van der Waals surface area contributed by atoms with Crippen molar-refractivity contribution in [2.75, 3.05) is 38.1 Å². The van der Waals surface area contributed by atoms with Crippen LogP contribution in [0.1, 0.15) is 27.3 Å². The average Bonchev–Trinajstić information content (AvgIpc) is 2.73. The van der Waals surface area contributed by atoms with Crippen LogP contribution in [0.15, 0.2) is 36.4 Å². The summed E-state index contributed by atoms with van der Waals surface area (Å²) in [6.07, 6.45) is 0. The largest absolute Gasteiger partial charge is 0.369 e. The van der Waals surface area contributed by atoms with Gasteiger partial charge in [0.15, 0.2) is 0 Å². The summed E-state index contributed by atoms with van der Waals surface area (Å²) in [5.74, 6) is -0.853. The zero-order valence-electron chi connectivity index (χ0n) is 17.6. The Hall–Kier alpha value is -3.06. The number of carbonyl (C=O) groups is 1. The molecule has 1 aromatic heterocycles. The Bertz CT molecular complexity index is 1090. The monoisotopic (exact) mass is 407 g/mol. The number of fused-ring (bicyclic) bond motifs is 1. The van der Waals surface area contributed by atoms with Crippen molar-refractivity contribution in [3.05, 3.63) is 64.7 Å². The van der Waals surface area contributed by atoms with Gasteiger partial charge in [0, 0.05) is 44.5 Å². The number of hydrogen-bond acceptors (Lipinski definition) is 5. The second-order valence-electron chi connectivity index (χ2n) is 7.82. The predicted molar refractivity (Wildman–Crippen MR) is 116 cm³/mol. The lowest BCUT2D eigenvalue weighted by Crippen LogP contribution is -2.45. The van der Waals surface area contributed by atoms with Gasteiger partial charge in [-0.05, 0) is 38.6 Å². The van der Waals surface area contributed by atoms with Crippen LogP contribution < -0.4 is 10.2 Å². The van der Waals surface area contributed by atoms with Crippen molar-refractivity contribution in [1.82, 2.24) is 20.2 Å². The molecule has 0 saturated carbocycles. The predicted octanol–water partition coefficient (Wildman–Crippen LogP) is 3.07. The lowest BCUT2D eigenvalue weighted by atomic mass is 10.1. The van der Waals surface area contributed by atoms with Gasteiger partial charge < -0.3 is 15.1 Å². The van der Waals surface area contributed by atoms with Gasteiger partial charge in [-0.25, -0.2) is 14.4 Å². The third-order valence-electron chi connectivity index (χ3n) is 5.67. The molecule has 0 unspecified atom stereocenters. The summed E-state index contributed by atoms with van der Waals surface area (Å²) in [4.78, 5) is 26.5. The molecule has 1 fully saturated rings. The Morgan fingerprint density at radius 3 is 2.53 bits per heavy atom. The normalized spacial score (nSPS) is 14.9. The van der Waals surface area contributed by atoms with Gasteiger partial charge in [-0.1, -0.05) is 18.2 Å². The number of para-hydroxylation sites is 1. The van der Waals surface area contributed by atoms with Crippen molar-refractivity contribution in [3.8, 4) is 0 Å². The molecule has 7 heteroatoms. The van der Waals surface area contributed by atoms with E-state index in [1.54, 1.807) is 0 Å². The molecule has 0 radical (unpaired) electrons. The van der Waals surface area contributed by atoms with Crippen LogP contribution >= 0.6 is 0 Å². The molecule has 2 heterocycles. The number of anilines is 1. The summed E-state index contributed by atoms with van der Waals surface area (Å²) >= 11 is 0. The van der Waals surface area contributed by atoms with E-state index in [4.69, 9.17) is 0 Å². The standard InChI is InChI=1S/C23H26FN5O/c1-15-16(2)27-22-19(12-18(24)13-20(22)26-15)23(30)25-14-17-6-4-5-7-21(17)29-10-8-28(3)9-11-29/h4-7,12-13H,8-11,14H2,1-3H3,(H,25,30). The second-order valence-corrected chi connectivity index (χ2v) is 7.82. The minimum Gasteiger partial charge on any atom is -0.369 e. The fourth-order valence-electron chi connectivity index (χ4n) is 3.76. The summed E-state index contributed by atoms with van der Waals surface area (Å²) in [5, 5.41) is 2.95. The lowest BCUT2D eigenvalue weighted by molar-refractivity contribution is 0.0952. The quantitative estimate of drug-likeness (QED) is 0.720. The van der Waals surface area contributed by atoms with Crippen molar-refractivity contribution in [1.29, 1.82) is 0 Å². The van der Waals surface area contributed by atoms with Crippen LogP contribution in [0.2, 0.25) is 0 Å². The first-order chi connectivity index (χ1) is 14.4. The van der Waals surface area contributed by atoms with Gasteiger partial charge in [-0.2, -0.15) is 0 Å². The molecule has 1 aliphatic heterocycles. The highest BCUT2D eigenvalue weighted by Gasteiger charge is 2.19. The van der Waals surface area contributed by atoms with E-state index >= 15 is 0 Å². The fourth-order valence-corrected chi connectivity index (χ4v) is 3.76. The molecule has 30 heavy (non-hydrogen) atoms. The van der Waals surface area contributed by atoms with Crippen LogP contribution in [0, 0.1) is 19.7 Å². The van der Waals surface area contributed by atoms with Crippen molar-refractivity contribution in [3.63, 3.8) is 0 Å². The maximum atomic E-state index is 14.1. The molecule has 156 valence electrons. The molecular formula is C23H26FN5O. The second kappa shape index (κ2) is 8.36. The zero-order chi connectivity index (χ0) is 21.3. The van der Waals surface area contributed by atoms with E-state index < -0.39 is 5.82 Å². The number of piperazine rings is 1. The molecule has 0 aliphatic carbocycles. The Balaban J connectivity index is 1.57. The number of nitrogens with one attached hydrogen (secondary N) is 1. The highest BCUT2D eigenvalue weighted by molar-refractivity contribution is 6.04. The summed E-state index contributed by atoms with van der Waals surface area (Å²) in [7, 11) is 2.12.